The summed E-state index contributed by atoms with van der Waals surface area (Å²) in [6, 6.07) is 5.48. The van der Waals surface area contributed by atoms with E-state index in [1.54, 1.807) is 12.3 Å². The van der Waals surface area contributed by atoms with Crippen LogP contribution in [0, 0.1) is 0 Å². The third kappa shape index (κ3) is 2.84. The smallest absolute Gasteiger partial charge is 0.256 e. The molecule has 0 saturated carbocycles. The molecule has 0 radical (unpaired) electrons. The third-order valence-corrected chi connectivity index (χ3v) is 3.88. The summed E-state index contributed by atoms with van der Waals surface area (Å²) in [5.74, 6) is -0.348. The van der Waals surface area contributed by atoms with Gasteiger partial charge in [-0.05, 0) is 39.3 Å². The number of carbonyl (C=O) groups is 1. The number of nitrogens with two attached hydrogens (primary N) is 1. The predicted octanol–water partition coefficient (Wildman–Crippen LogP) is 2.69. The number of nitrogens with zero attached hydrogens (tertiary/aromatic N) is 1. The van der Waals surface area contributed by atoms with Crippen molar-refractivity contribution in [2.24, 2.45) is 0 Å². The molecular formula is C17H23N3O2. The number of pyridine rings is 1. The van der Waals surface area contributed by atoms with E-state index in [-0.39, 0.29) is 29.0 Å². The molecule has 5 heteroatoms. The van der Waals surface area contributed by atoms with Crippen molar-refractivity contribution in [1.82, 2.24) is 9.88 Å². The minimum Gasteiger partial charge on any atom is -0.398 e. The first-order valence-corrected chi connectivity index (χ1v) is 7.61. The number of benzene rings is 1. The fourth-order valence-corrected chi connectivity index (χ4v) is 2.41. The Morgan fingerprint density at radius 1 is 1.32 bits per heavy atom. The Hall–Kier alpha value is -2.30. The molecule has 5 nitrogen and oxygen atoms in total. The van der Waals surface area contributed by atoms with Crippen LogP contribution in [0.3, 0.4) is 0 Å². The summed E-state index contributed by atoms with van der Waals surface area (Å²) in [5, 5.41) is 3.25. The molecule has 1 aromatic heterocycles. The van der Waals surface area contributed by atoms with E-state index in [4.69, 9.17) is 5.73 Å². The average molecular weight is 301 g/mol. The van der Waals surface area contributed by atoms with Crippen molar-refractivity contribution in [2.75, 3.05) is 5.73 Å². The fraction of sp³-hybridized carbons (Fsp3) is 0.412. The van der Waals surface area contributed by atoms with Gasteiger partial charge in [0.1, 0.15) is 5.56 Å². The zero-order valence-corrected chi connectivity index (χ0v) is 13.5. The number of hydrogen-bond acceptors (Lipinski definition) is 3. The van der Waals surface area contributed by atoms with Crippen molar-refractivity contribution in [3.05, 3.63) is 40.2 Å². The summed E-state index contributed by atoms with van der Waals surface area (Å²) in [7, 11) is 0. The topological polar surface area (TPSA) is 77.1 Å². The second kappa shape index (κ2) is 6.22. The van der Waals surface area contributed by atoms with E-state index in [0.29, 0.717) is 11.1 Å². The molecule has 0 aliphatic heterocycles. The van der Waals surface area contributed by atoms with Crippen molar-refractivity contribution >= 4 is 22.5 Å². The fourth-order valence-electron chi connectivity index (χ4n) is 2.41. The highest BCUT2D eigenvalue weighted by Gasteiger charge is 2.18. The van der Waals surface area contributed by atoms with Crippen LogP contribution in [0.2, 0.25) is 0 Å². The van der Waals surface area contributed by atoms with E-state index < -0.39 is 0 Å². The molecule has 1 atom stereocenters. The number of anilines is 1. The van der Waals surface area contributed by atoms with Crippen LogP contribution in [0.5, 0.6) is 0 Å². The quantitative estimate of drug-likeness (QED) is 0.852. The molecule has 22 heavy (non-hydrogen) atoms. The molecule has 0 saturated heterocycles. The molecule has 1 unspecified atom stereocenters. The van der Waals surface area contributed by atoms with Crippen LogP contribution in [0.15, 0.2) is 29.2 Å². The minimum absolute atomic E-state index is 0.0169. The van der Waals surface area contributed by atoms with Gasteiger partial charge < -0.3 is 15.6 Å². The van der Waals surface area contributed by atoms with Crippen molar-refractivity contribution in [3.8, 4) is 0 Å². The van der Waals surface area contributed by atoms with Crippen molar-refractivity contribution in [2.45, 2.75) is 46.2 Å². The van der Waals surface area contributed by atoms with Gasteiger partial charge in [-0.3, -0.25) is 9.59 Å². The lowest BCUT2D eigenvalue weighted by atomic mass is 10.1. The Balaban J connectivity index is 2.71. The van der Waals surface area contributed by atoms with Gasteiger partial charge in [0.15, 0.2) is 0 Å². The standard InChI is InChI=1S/C17H23N3O2/c1-5-11(4)19-17(22)12-9-20(10(2)3)14-8-6-7-13(18)15(14)16(12)21/h6-11H,5,18H2,1-4H3,(H,19,22). The van der Waals surface area contributed by atoms with Crippen LogP contribution in [0.4, 0.5) is 5.69 Å². The van der Waals surface area contributed by atoms with Gasteiger partial charge in [-0.25, -0.2) is 0 Å². The summed E-state index contributed by atoms with van der Waals surface area (Å²) in [6.45, 7) is 7.90. The lowest BCUT2D eigenvalue weighted by Gasteiger charge is -2.18. The van der Waals surface area contributed by atoms with Crippen molar-refractivity contribution < 1.29 is 4.79 Å². The van der Waals surface area contributed by atoms with Gasteiger partial charge in [0.05, 0.1) is 10.9 Å². The number of nitrogens with one attached hydrogen (secondary N) is 1. The zero-order chi connectivity index (χ0) is 16.4. The van der Waals surface area contributed by atoms with Crippen LogP contribution < -0.4 is 16.5 Å². The maximum atomic E-state index is 12.7. The summed E-state index contributed by atoms with van der Waals surface area (Å²) in [6.07, 6.45) is 2.44. The van der Waals surface area contributed by atoms with E-state index in [2.05, 4.69) is 5.32 Å². The maximum Gasteiger partial charge on any atom is 0.256 e. The Kier molecular flexibility index (Phi) is 4.54. The second-order valence-corrected chi connectivity index (χ2v) is 5.90. The monoisotopic (exact) mass is 301 g/mol. The molecule has 0 fully saturated rings. The lowest BCUT2D eigenvalue weighted by Crippen LogP contribution is -2.35. The summed E-state index contributed by atoms with van der Waals surface area (Å²) >= 11 is 0. The Morgan fingerprint density at radius 3 is 2.59 bits per heavy atom. The second-order valence-electron chi connectivity index (χ2n) is 5.90. The predicted molar refractivity (Wildman–Crippen MR) is 90.2 cm³/mol. The third-order valence-electron chi connectivity index (χ3n) is 3.88. The van der Waals surface area contributed by atoms with Gasteiger partial charge in [-0.2, -0.15) is 0 Å². The van der Waals surface area contributed by atoms with Gasteiger partial charge >= 0.3 is 0 Å². The average Bonchev–Trinajstić information content (AvgIpc) is 2.46. The van der Waals surface area contributed by atoms with Crippen LogP contribution >= 0.6 is 0 Å². The van der Waals surface area contributed by atoms with Crippen LogP contribution in [0.1, 0.15) is 50.5 Å². The first-order chi connectivity index (χ1) is 10.4. The molecule has 0 aliphatic rings. The first-order valence-electron chi connectivity index (χ1n) is 7.61. The highest BCUT2D eigenvalue weighted by Crippen LogP contribution is 2.21. The Bertz CT molecular complexity index is 762. The summed E-state index contributed by atoms with van der Waals surface area (Å²) in [5.41, 5.74) is 6.95. The van der Waals surface area contributed by atoms with E-state index in [9.17, 15) is 9.59 Å². The maximum absolute atomic E-state index is 12.7. The van der Waals surface area contributed by atoms with E-state index in [1.165, 1.54) is 0 Å². The number of fused-ring (bicyclic) bond motifs is 1. The lowest BCUT2D eigenvalue weighted by molar-refractivity contribution is 0.0937. The van der Waals surface area contributed by atoms with Crippen molar-refractivity contribution in [3.63, 3.8) is 0 Å². The number of carbonyl (C=O) groups excluding carboxylic acids is 1. The largest absolute Gasteiger partial charge is 0.398 e. The van der Waals surface area contributed by atoms with Gasteiger partial charge in [0, 0.05) is 24.0 Å². The minimum atomic E-state index is -0.348. The number of amides is 1. The molecule has 2 rings (SSSR count). The van der Waals surface area contributed by atoms with Crippen LogP contribution in [-0.2, 0) is 0 Å². The van der Waals surface area contributed by atoms with E-state index in [0.717, 1.165) is 11.9 Å². The van der Waals surface area contributed by atoms with E-state index >= 15 is 0 Å². The molecule has 2 aromatic rings. The molecular weight excluding hydrogens is 278 g/mol. The molecule has 3 N–H and O–H groups in total. The molecule has 1 heterocycles. The summed E-state index contributed by atoms with van der Waals surface area (Å²) < 4.78 is 1.92. The molecule has 0 spiro atoms. The Labute approximate surface area is 130 Å². The number of aromatic nitrogens is 1. The van der Waals surface area contributed by atoms with Crippen molar-refractivity contribution in [1.29, 1.82) is 0 Å². The van der Waals surface area contributed by atoms with Crippen LogP contribution in [-0.4, -0.2) is 16.5 Å². The zero-order valence-electron chi connectivity index (χ0n) is 13.5. The SMILES string of the molecule is CCC(C)NC(=O)c1cn(C(C)C)c2cccc(N)c2c1=O. The first kappa shape index (κ1) is 16.1. The number of rotatable bonds is 4. The van der Waals surface area contributed by atoms with E-state index in [1.807, 2.05) is 44.4 Å². The van der Waals surface area contributed by atoms with Gasteiger partial charge in [-0.15, -0.1) is 0 Å². The highest BCUT2D eigenvalue weighted by molar-refractivity contribution is 6.00. The molecule has 0 aliphatic carbocycles. The van der Waals surface area contributed by atoms with Gasteiger partial charge in [0.25, 0.3) is 5.91 Å². The number of nitrogen functional groups attached to an aromatic ring is 1. The van der Waals surface area contributed by atoms with Gasteiger partial charge in [-0.1, -0.05) is 13.0 Å². The Morgan fingerprint density at radius 2 is 2.00 bits per heavy atom. The summed E-state index contributed by atoms with van der Waals surface area (Å²) in [4.78, 5) is 25.1. The molecule has 118 valence electrons. The molecule has 1 aromatic carbocycles. The van der Waals surface area contributed by atoms with Gasteiger partial charge in [0.2, 0.25) is 5.43 Å². The van der Waals surface area contributed by atoms with Crippen LogP contribution in [0.25, 0.3) is 10.9 Å². The normalized spacial score (nSPS) is 12.6. The highest BCUT2D eigenvalue weighted by atomic mass is 16.2. The number of hydrogen-bond donors (Lipinski definition) is 2. The molecule has 1 amide bonds. The molecule has 0 bridgehead atoms.